The highest BCUT2D eigenvalue weighted by atomic mass is 19.4. The molecule has 0 aliphatic carbocycles. The first kappa shape index (κ1) is 117. The van der Waals surface area contributed by atoms with Crippen molar-refractivity contribution in [3.05, 3.63) is 62.0 Å². The summed E-state index contributed by atoms with van der Waals surface area (Å²) in [7, 11) is 2.00. The van der Waals surface area contributed by atoms with Gasteiger partial charge in [0.15, 0.2) is 29.1 Å². The molecule has 98 heavy (non-hydrogen) atoms. The zero-order chi connectivity index (χ0) is 80.8. The van der Waals surface area contributed by atoms with Crippen LogP contribution in [0.15, 0.2) is 62.0 Å². The Kier molecular flexibility index (Phi) is 52.2. The Balaban J connectivity index is -0.000000106. The van der Waals surface area contributed by atoms with E-state index in [-0.39, 0.29) is 21.8 Å². The third-order valence-corrected chi connectivity index (χ3v) is 6.89. The fourth-order valence-corrected chi connectivity index (χ4v) is 2.78. The van der Waals surface area contributed by atoms with Crippen LogP contribution in [0.1, 0.15) is 21.8 Å². The standard InChI is InChI=1S/2C8H4F12O2.C8H6F10O2.C6H5F7O.C5H6F4O.4CH3F.2CH4/c2*1-3(9)5(13,14)22-6(15,7(16,17)18)8(19,20)21-2-4(10,11)12;1-4(9)7(15,16)19-2-5(10,11)8(17,18)20-3-6(12,13)14;1-3(7)5(9,10)14-4(2,8)6(11,12)13;1-4(7)5(8,9)10-3-2-6;4*1-2;;/h2*1-2H2;1-3H2;1H2,2H3;1-3H2;4*1H3;2*1H4. The summed E-state index contributed by atoms with van der Waals surface area (Å²) in [6.45, 7) is -4.25. The zero-order valence-electron chi connectivity index (χ0n) is 46.1. The maximum absolute atomic E-state index is 13.2. The van der Waals surface area contributed by atoms with Gasteiger partial charge in [0.1, 0.15) is 33.1 Å². The molecule has 0 spiro atoms. The van der Waals surface area contributed by atoms with Crippen molar-refractivity contribution in [2.75, 3.05) is 68.4 Å². The second-order valence-corrected chi connectivity index (χ2v) is 14.3. The number of hydrogen-bond acceptors (Lipinski definition) is 8. The van der Waals surface area contributed by atoms with Gasteiger partial charge in [-0.25, -0.2) is 30.7 Å². The van der Waals surface area contributed by atoms with Crippen molar-refractivity contribution in [3.63, 3.8) is 0 Å². The molecule has 0 aromatic rings. The Hall–Kier alpha value is -5.05. The molecule has 8 nitrogen and oxygen atoms in total. The Morgan fingerprint density at radius 3 is 0.663 bits per heavy atom. The topological polar surface area (TPSA) is 73.8 Å². The number of alkyl halides is 44. The van der Waals surface area contributed by atoms with Crippen LogP contribution in [-0.2, 0) is 37.9 Å². The molecule has 0 bridgehead atoms. The van der Waals surface area contributed by atoms with Gasteiger partial charge in [-0.2, -0.15) is 167 Å². The van der Waals surface area contributed by atoms with Gasteiger partial charge >= 0.3 is 109 Å². The molecule has 0 aromatic heterocycles. The van der Waals surface area contributed by atoms with E-state index in [0.717, 1.165) is 0 Å². The lowest BCUT2D eigenvalue weighted by Gasteiger charge is -2.35. The molecule has 0 fully saturated rings. The van der Waals surface area contributed by atoms with Crippen molar-refractivity contribution in [2.24, 2.45) is 0 Å². The lowest BCUT2D eigenvalue weighted by atomic mass is 10.2. The number of rotatable bonds is 26. The lowest BCUT2D eigenvalue weighted by molar-refractivity contribution is -0.500. The predicted octanol–water partition coefficient (Wildman–Crippen LogP) is 21.8. The minimum Gasteiger partial charge on any atom is -0.312 e. The highest BCUT2D eigenvalue weighted by Gasteiger charge is 2.79. The van der Waals surface area contributed by atoms with Gasteiger partial charge in [-0.3, -0.25) is 31.8 Å². The van der Waals surface area contributed by atoms with Crippen molar-refractivity contribution in [3.8, 4) is 0 Å². The second kappa shape index (κ2) is 43.7. The summed E-state index contributed by atoms with van der Waals surface area (Å²) in [6, 6.07) is 0. The number of hydrogen-bond donors (Lipinski definition) is 0. The van der Waals surface area contributed by atoms with Gasteiger partial charge in [0.25, 0.3) is 0 Å². The van der Waals surface area contributed by atoms with Gasteiger partial charge in [0, 0.05) is 6.92 Å². The third-order valence-electron chi connectivity index (χ3n) is 6.89. The van der Waals surface area contributed by atoms with E-state index in [4.69, 9.17) is 0 Å². The van der Waals surface area contributed by atoms with E-state index >= 15 is 0 Å². The minimum atomic E-state index is -7.01. The summed E-state index contributed by atoms with van der Waals surface area (Å²) in [5.41, 5.74) is 0. The van der Waals surface area contributed by atoms with Crippen LogP contribution >= 0.6 is 0 Å². The molecule has 0 amide bonds. The Morgan fingerprint density at radius 1 is 0.276 bits per heavy atom. The second-order valence-electron chi connectivity index (χ2n) is 14.3. The van der Waals surface area contributed by atoms with Crippen LogP contribution in [0.25, 0.3) is 0 Å². The highest BCUT2D eigenvalue weighted by Crippen LogP contribution is 2.53. The molecule has 0 aliphatic rings. The molecule has 0 N–H and O–H groups in total. The van der Waals surface area contributed by atoms with Gasteiger partial charge in [-0.15, -0.1) is 0 Å². The van der Waals surface area contributed by atoms with Gasteiger partial charge in [-0.05, 0) is 0 Å². The van der Waals surface area contributed by atoms with Crippen LogP contribution in [0.4, 0.5) is 215 Å². The fraction of sp³-hybridized carbons (Fsp3) is 0.756. The normalized spacial score (nSPS) is 14.7. The molecule has 0 rings (SSSR count). The van der Waals surface area contributed by atoms with Gasteiger partial charge in [-0.1, -0.05) is 47.7 Å². The van der Waals surface area contributed by atoms with Crippen LogP contribution in [0, 0.1) is 0 Å². The van der Waals surface area contributed by atoms with Crippen molar-refractivity contribution in [1.29, 1.82) is 0 Å². The van der Waals surface area contributed by atoms with Crippen LogP contribution in [0.5, 0.6) is 0 Å². The summed E-state index contributed by atoms with van der Waals surface area (Å²) < 4.78 is 605. The quantitative estimate of drug-likeness (QED) is 0.0793. The molecule has 57 heteroatoms. The molecule has 3 atom stereocenters. The monoisotopic (exact) mass is 1600 g/mol. The van der Waals surface area contributed by atoms with E-state index in [1.165, 1.54) is 0 Å². The molecular formula is C41H45F49O8. The molecule has 600 valence electrons. The van der Waals surface area contributed by atoms with Crippen LogP contribution in [0.2, 0.25) is 0 Å². The average Bonchev–Trinajstić information content (AvgIpc) is 0.760. The summed E-state index contributed by atoms with van der Waals surface area (Å²) >= 11 is 0. The average molecular weight is 1600 g/mol. The molecule has 0 saturated heterocycles. The molecular weight excluding hydrogens is 1550 g/mol. The molecule has 3 unspecified atom stereocenters. The summed E-state index contributed by atoms with van der Waals surface area (Å²) in [4.78, 5) is 0. The van der Waals surface area contributed by atoms with Gasteiger partial charge in [0.2, 0.25) is 0 Å². The minimum absolute atomic E-state index is 0. The first-order valence-electron chi connectivity index (χ1n) is 20.7. The lowest BCUT2D eigenvalue weighted by Crippen LogP contribution is -2.61. The largest absolute Gasteiger partial charge is 0.458 e. The first-order chi connectivity index (χ1) is 41.7. The third kappa shape index (κ3) is 43.6. The van der Waals surface area contributed by atoms with E-state index in [1.807, 2.05) is 22.6 Å². The number of ether oxygens (including phenoxy) is 8. The SMILES string of the molecule is C.C.C=C(F)C(F)(F)OC(C)(F)C(F)(F)F.C=C(F)C(F)(F)OC(F)(C(F)(F)F)C(F)(F)OCC(F)(F)F.C=C(F)C(F)(F)OC(F)(C(F)(F)F)C(F)(F)OCC(F)(F)F.C=C(F)C(F)(F)OCC(F)(F)C(F)(F)OCC(F)(F)F.C=C(F)C(F)(F)OCCF.CF.CF.CF.CF. The van der Waals surface area contributed by atoms with Crippen LogP contribution in [0.3, 0.4) is 0 Å². The van der Waals surface area contributed by atoms with E-state index in [2.05, 4.69) is 35.0 Å². The van der Waals surface area contributed by atoms with Crippen LogP contribution in [-0.4, -0.2) is 178 Å². The maximum Gasteiger partial charge on any atom is 0.458 e. The van der Waals surface area contributed by atoms with Crippen molar-refractivity contribution in [2.45, 2.75) is 131 Å². The summed E-state index contributed by atoms with van der Waals surface area (Å²) in [5.74, 6) is -37.0. The highest BCUT2D eigenvalue weighted by molar-refractivity contribution is 4.98. The van der Waals surface area contributed by atoms with E-state index in [9.17, 15) is 215 Å². The number of halogens is 49. The molecule has 0 radical (unpaired) electrons. The summed E-state index contributed by atoms with van der Waals surface area (Å²) in [5, 5.41) is 0. The molecule has 0 aromatic carbocycles. The smallest absolute Gasteiger partial charge is 0.312 e. The molecule has 0 saturated carbocycles. The van der Waals surface area contributed by atoms with E-state index < -0.39 is 178 Å². The van der Waals surface area contributed by atoms with Gasteiger partial charge < -0.3 is 23.7 Å². The van der Waals surface area contributed by atoms with Crippen molar-refractivity contribution < 1.29 is 253 Å². The fourth-order valence-electron chi connectivity index (χ4n) is 2.78. The Morgan fingerprint density at radius 2 is 0.480 bits per heavy atom. The zero-order valence-corrected chi connectivity index (χ0v) is 46.1. The van der Waals surface area contributed by atoms with Crippen molar-refractivity contribution in [1.82, 2.24) is 0 Å². The van der Waals surface area contributed by atoms with Gasteiger partial charge in [0.05, 0.1) is 35.3 Å². The Bertz CT molecular complexity index is 2140. The Labute approximate surface area is 515 Å². The summed E-state index contributed by atoms with van der Waals surface area (Å²) in [6.07, 6.45) is -81.2. The molecule has 0 aliphatic heterocycles. The molecule has 0 heterocycles. The maximum atomic E-state index is 13.2. The predicted molar refractivity (Wildman–Crippen MR) is 230 cm³/mol. The van der Waals surface area contributed by atoms with E-state index in [1.54, 1.807) is 13.2 Å². The van der Waals surface area contributed by atoms with Crippen LogP contribution < -0.4 is 0 Å². The van der Waals surface area contributed by atoms with E-state index in [0.29, 0.717) is 28.7 Å². The van der Waals surface area contributed by atoms with Crippen molar-refractivity contribution >= 4 is 0 Å². The first-order valence-corrected chi connectivity index (χ1v) is 20.7.